The summed E-state index contributed by atoms with van der Waals surface area (Å²) in [5.41, 5.74) is 5.91. The van der Waals surface area contributed by atoms with Crippen LogP contribution in [0, 0.1) is 0 Å². The molecule has 3 nitrogen and oxygen atoms in total. The minimum Gasteiger partial charge on any atom is -0.377 e. The second-order valence-corrected chi connectivity index (χ2v) is 4.55. The third-order valence-corrected chi connectivity index (χ3v) is 3.44. The Hall–Kier alpha value is -0.120. The van der Waals surface area contributed by atoms with Gasteiger partial charge in [0.25, 0.3) is 0 Å². The van der Waals surface area contributed by atoms with Crippen LogP contribution in [-0.2, 0) is 4.74 Å². The van der Waals surface area contributed by atoms with E-state index in [9.17, 15) is 0 Å². The molecule has 1 heterocycles. The lowest BCUT2D eigenvalue weighted by molar-refractivity contribution is -0.0470. The molecule has 0 bridgehead atoms. The molecule has 1 saturated carbocycles. The molecule has 0 aromatic rings. The molecule has 1 aliphatic carbocycles. The van der Waals surface area contributed by atoms with Crippen molar-refractivity contribution in [1.82, 2.24) is 4.90 Å². The van der Waals surface area contributed by atoms with E-state index >= 15 is 0 Å². The fourth-order valence-electron chi connectivity index (χ4n) is 2.59. The molecule has 13 heavy (non-hydrogen) atoms. The average Bonchev–Trinajstić information content (AvgIpc) is 2.51. The average molecular weight is 184 g/mol. The van der Waals surface area contributed by atoms with E-state index in [-0.39, 0.29) is 5.60 Å². The lowest BCUT2D eigenvalue weighted by Crippen LogP contribution is -2.59. The lowest BCUT2D eigenvalue weighted by Gasteiger charge is -2.42. The molecular formula is C10H20N2O. The minimum atomic E-state index is 0.167. The Bertz CT molecular complexity index is 172. The zero-order valence-electron chi connectivity index (χ0n) is 8.46. The number of likely N-dealkylation sites (tertiary alicyclic amines) is 1. The van der Waals surface area contributed by atoms with E-state index in [1.165, 1.54) is 25.7 Å². The predicted molar refractivity (Wildman–Crippen MR) is 52.6 cm³/mol. The van der Waals surface area contributed by atoms with Crippen molar-refractivity contribution in [2.24, 2.45) is 5.73 Å². The number of nitrogens with zero attached hydrogens (tertiary/aromatic N) is 1. The van der Waals surface area contributed by atoms with Crippen LogP contribution in [-0.4, -0.2) is 43.3 Å². The van der Waals surface area contributed by atoms with Gasteiger partial charge in [0.2, 0.25) is 0 Å². The summed E-state index contributed by atoms with van der Waals surface area (Å²) >= 11 is 0. The van der Waals surface area contributed by atoms with Crippen molar-refractivity contribution >= 4 is 0 Å². The van der Waals surface area contributed by atoms with Gasteiger partial charge in [-0.1, -0.05) is 12.8 Å². The largest absolute Gasteiger partial charge is 0.377 e. The van der Waals surface area contributed by atoms with E-state index < -0.39 is 0 Å². The van der Waals surface area contributed by atoms with Crippen LogP contribution in [0.25, 0.3) is 0 Å². The predicted octanol–water partition coefficient (Wildman–Crippen LogP) is 0.588. The molecule has 0 aromatic carbocycles. The van der Waals surface area contributed by atoms with E-state index in [1.807, 2.05) is 7.11 Å². The van der Waals surface area contributed by atoms with Crippen LogP contribution >= 0.6 is 0 Å². The van der Waals surface area contributed by atoms with Crippen molar-refractivity contribution in [3.63, 3.8) is 0 Å². The maximum atomic E-state index is 5.75. The van der Waals surface area contributed by atoms with Gasteiger partial charge in [0.05, 0.1) is 5.60 Å². The number of hydrogen-bond acceptors (Lipinski definition) is 3. The number of rotatable bonds is 3. The zero-order chi connectivity index (χ0) is 9.31. The number of hydrogen-bond donors (Lipinski definition) is 1. The summed E-state index contributed by atoms with van der Waals surface area (Å²) in [5, 5.41) is 0. The quantitative estimate of drug-likeness (QED) is 0.697. The van der Waals surface area contributed by atoms with Gasteiger partial charge in [-0.05, 0) is 12.8 Å². The van der Waals surface area contributed by atoms with E-state index in [4.69, 9.17) is 10.5 Å². The van der Waals surface area contributed by atoms with Gasteiger partial charge < -0.3 is 10.5 Å². The first-order chi connectivity index (χ1) is 6.24. The van der Waals surface area contributed by atoms with Crippen molar-refractivity contribution in [2.75, 3.05) is 26.7 Å². The van der Waals surface area contributed by atoms with Crippen molar-refractivity contribution in [3.8, 4) is 0 Å². The molecule has 1 saturated heterocycles. The molecule has 0 unspecified atom stereocenters. The van der Waals surface area contributed by atoms with Crippen LogP contribution in [0.15, 0.2) is 0 Å². The molecule has 2 N–H and O–H groups in total. The molecule has 0 spiro atoms. The van der Waals surface area contributed by atoms with Crippen molar-refractivity contribution in [2.45, 2.75) is 37.3 Å². The fourth-order valence-corrected chi connectivity index (χ4v) is 2.59. The van der Waals surface area contributed by atoms with Crippen LogP contribution in [0.1, 0.15) is 25.7 Å². The maximum absolute atomic E-state index is 5.75. The van der Waals surface area contributed by atoms with Gasteiger partial charge in [0, 0.05) is 32.8 Å². The second kappa shape index (κ2) is 3.56. The molecule has 2 rings (SSSR count). The molecular weight excluding hydrogens is 164 g/mol. The number of methoxy groups -OCH3 is 1. The third-order valence-electron chi connectivity index (χ3n) is 3.44. The van der Waals surface area contributed by atoms with Crippen molar-refractivity contribution in [1.29, 1.82) is 0 Å². The number of nitrogens with two attached hydrogens (primary N) is 1. The van der Waals surface area contributed by atoms with E-state index in [2.05, 4.69) is 4.90 Å². The SMILES string of the molecule is COC1(CN2CC(N)C2)CCCC1. The first-order valence-electron chi connectivity index (χ1n) is 5.27. The molecule has 0 aromatic heterocycles. The van der Waals surface area contributed by atoms with Gasteiger partial charge in [-0.2, -0.15) is 0 Å². The molecule has 1 aliphatic heterocycles. The summed E-state index contributed by atoms with van der Waals surface area (Å²) in [5.74, 6) is 0. The zero-order valence-corrected chi connectivity index (χ0v) is 8.46. The summed E-state index contributed by atoms with van der Waals surface area (Å²) in [4.78, 5) is 2.42. The monoisotopic (exact) mass is 184 g/mol. The standard InChI is InChI=1S/C10H20N2O/c1-13-10(4-2-3-5-10)8-12-6-9(11)7-12/h9H,2-8,11H2,1H3. The van der Waals surface area contributed by atoms with Gasteiger partial charge in [-0.25, -0.2) is 0 Å². The van der Waals surface area contributed by atoms with E-state index in [0.717, 1.165) is 19.6 Å². The lowest BCUT2D eigenvalue weighted by atomic mass is 9.98. The molecule has 76 valence electrons. The van der Waals surface area contributed by atoms with Gasteiger partial charge in [0.1, 0.15) is 0 Å². The topological polar surface area (TPSA) is 38.5 Å². The minimum absolute atomic E-state index is 0.167. The highest BCUT2D eigenvalue weighted by Gasteiger charge is 2.38. The summed E-state index contributed by atoms with van der Waals surface area (Å²) in [7, 11) is 1.85. The highest BCUT2D eigenvalue weighted by molar-refractivity contribution is 4.93. The van der Waals surface area contributed by atoms with Crippen LogP contribution in [0.4, 0.5) is 0 Å². The molecule has 0 radical (unpaired) electrons. The van der Waals surface area contributed by atoms with E-state index in [0.29, 0.717) is 6.04 Å². The van der Waals surface area contributed by atoms with Gasteiger partial charge in [-0.3, -0.25) is 4.90 Å². The Kier molecular flexibility index (Phi) is 2.58. The maximum Gasteiger partial charge on any atom is 0.0805 e. The Morgan fingerprint density at radius 2 is 2.00 bits per heavy atom. The smallest absolute Gasteiger partial charge is 0.0805 e. The highest BCUT2D eigenvalue weighted by atomic mass is 16.5. The summed E-state index contributed by atoms with van der Waals surface area (Å²) < 4.78 is 5.66. The Morgan fingerprint density at radius 1 is 1.38 bits per heavy atom. The fraction of sp³-hybridized carbons (Fsp3) is 1.00. The van der Waals surface area contributed by atoms with Crippen molar-refractivity contribution in [3.05, 3.63) is 0 Å². The molecule has 0 amide bonds. The molecule has 3 heteroatoms. The van der Waals surface area contributed by atoms with Gasteiger partial charge >= 0.3 is 0 Å². The third kappa shape index (κ3) is 1.87. The van der Waals surface area contributed by atoms with Crippen LogP contribution in [0.2, 0.25) is 0 Å². The first kappa shape index (κ1) is 9.44. The molecule has 0 atom stereocenters. The van der Waals surface area contributed by atoms with Crippen molar-refractivity contribution < 1.29 is 4.74 Å². The summed E-state index contributed by atoms with van der Waals surface area (Å²) in [6.07, 6.45) is 5.12. The summed E-state index contributed by atoms with van der Waals surface area (Å²) in [6, 6.07) is 0.412. The Labute approximate surface area is 80.2 Å². The van der Waals surface area contributed by atoms with Crippen LogP contribution in [0.3, 0.4) is 0 Å². The number of ether oxygens (including phenoxy) is 1. The normalized spacial score (nSPS) is 29.1. The molecule has 2 aliphatic rings. The Morgan fingerprint density at radius 3 is 2.46 bits per heavy atom. The summed E-state index contributed by atoms with van der Waals surface area (Å²) in [6.45, 7) is 3.22. The second-order valence-electron chi connectivity index (χ2n) is 4.55. The van der Waals surface area contributed by atoms with Crippen LogP contribution < -0.4 is 5.73 Å². The molecule has 2 fully saturated rings. The highest BCUT2D eigenvalue weighted by Crippen LogP contribution is 2.34. The van der Waals surface area contributed by atoms with Gasteiger partial charge in [0.15, 0.2) is 0 Å². The van der Waals surface area contributed by atoms with E-state index in [1.54, 1.807) is 0 Å². The first-order valence-corrected chi connectivity index (χ1v) is 5.27. The van der Waals surface area contributed by atoms with Crippen LogP contribution in [0.5, 0.6) is 0 Å². The van der Waals surface area contributed by atoms with Gasteiger partial charge in [-0.15, -0.1) is 0 Å². The Balaban J connectivity index is 1.83.